The second-order valence-electron chi connectivity index (χ2n) is 17.8. The van der Waals surface area contributed by atoms with Crippen LogP contribution in [0.2, 0.25) is 0 Å². The second-order valence-corrected chi connectivity index (χ2v) is 17.8. The standard InChI is InChI=1S/C63H52O12/c1-42-56(73-61(65)48-28-16-6-17-29-48)59(70-41-46-26-14-5-15-27-46)60(74-62(66)49-30-18-7-19-31-49)63(71-42)75-58-55(64)54-52(69-40-45-24-12-4-13-25-45)36-51(68-39-44-22-10-3-11-23-44)37-53(54)72-57(58)47-32-34-50(35-33-47)67-38-43-20-8-2-9-21-43/h2-37,42,56,59-60,63H,38-41H2,1H3/t42-,56-,59+,60+,63-/m0/s1. The van der Waals surface area contributed by atoms with Gasteiger partial charge in [0.25, 0.3) is 0 Å². The number of hydrogen-bond acceptors (Lipinski definition) is 12. The minimum Gasteiger partial charge on any atom is -0.489 e. The maximum atomic E-state index is 15.6. The lowest BCUT2D eigenvalue weighted by atomic mass is 9.98. The van der Waals surface area contributed by atoms with E-state index in [9.17, 15) is 9.59 Å². The molecule has 1 aromatic heterocycles. The van der Waals surface area contributed by atoms with E-state index in [1.165, 1.54) is 0 Å². The Balaban J connectivity index is 1.09. The lowest BCUT2D eigenvalue weighted by Crippen LogP contribution is -2.62. The third-order valence-electron chi connectivity index (χ3n) is 12.5. The van der Waals surface area contributed by atoms with Gasteiger partial charge in [0.1, 0.15) is 54.1 Å². The van der Waals surface area contributed by atoms with Gasteiger partial charge in [0.2, 0.25) is 17.5 Å². The Kier molecular flexibility index (Phi) is 15.7. The van der Waals surface area contributed by atoms with Gasteiger partial charge in [0, 0.05) is 17.7 Å². The van der Waals surface area contributed by atoms with Crippen molar-refractivity contribution in [2.24, 2.45) is 0 Å². The topological polar surface area (TPSA) is 138 Å². The molecule has 0 saturated carbocycles. The Morgan fingerprint density at radius 2 is 0.933 bits per heavy atom. The molecule has 8 aromatic carbocycles. The van der Waals surface area contributed by atoms with E-state index in [0.717, 1.165) is 22.3 Å². The van der Waals surface area contributed by atoms with Crippen LogP contribution in [0.1, 0.15) is 49.9 Å². The summed E-state index contributed by atoms with van der Waals surface area (Å²) in [5, 5.41) is 0.0489. The quantitative estimate of drug-likeness (QED) is 0.0713. The van der Waals surface area contributed by atoms with E-state index in [4.69, 9.17) is 42.3 Å². The summed E-state index contributed by atoms with van der Waals surface area (Å²) >= 11 is 0. The molecule has 0 N–H and O–H groups in total. The van der Waals surface area contributed by atoms with E-state index >= 15 is 4.79 Å². The van der Waals surface area contributed by atoms with Crippen molar-refractivity contribution in [3.8, 4) is 34.3 Å². The van der Waals surface area contributed by atoms with Gasteiger partial charge in [-0.1, -0.05) is 158 Å². The summed E-state index contributed by atoms with van der Waals surface area (Å²) in [6.07, 6.45) is -6.36. The van der Waals surface area contributed by atoms with Crippen molar-refractivity contribution in [2.45, 2.75) is 64.1 Å². The van der Waals surface area contributed by atoms with E-state index < -0.39 is 48.1 Å². The van der Waals surface area contributed by atoms with Crippen LogP contribution in [-0.4, -0.2) is 42.6 Å². The molecule has 1 fully saturated rings. The largest absolute Gasteiger partial charge is 0.489 e. The fraction of sp³-hybridized carbons (Fsp3) is 0.159. The van der Waals surface area contributed by atoms with Gasteiger partial charge < -0.3 is 42.3 Å². The molecular weight excluding hydrogens is 949 g/mol. The Morgan fingerprint density at radius 1 is 0.480 bits per heavy atom. The van der Waals surface area contributed by atoms with Gasteiger partial charge in [-0.3, -0.25) is 4.79 Å². The molecule has 12 nitrogen and oxygen atoms in total. The van der Waals surface area contributed by atoms with Crippen molar-refractivity contribution in [2.75, 3.05) is 0 Å². The molecule has 1 aliphatic rings. The zero-order valence-corrected chi connectivity index (χ0v) is 40.9. The fourth-order valence-electron chi connectivity index (χ4n) is 8.62. The summed E-state index contributed by atoms with van der Waals surface area (Å²) in [5.41, 5.74) is 4.02. The molecule has 2 heterocycles. The smallest absolute Gasteiger partial charge is 0.338 e. The predicted octanol–water partition coefficient (Wildman–Crippen LogP) is 12.4. The van der Waals surface area contributed by atoms with Crippen LogP contribution in [0.3, 0.4) is 0 Å². The SMILES string of the molecule is C[C@@H]1O[C@@H](Oc2c(-c3ccc(OCc4ccccc4)cc3)oc3cc(OCc4ccccc4)cc(OCc4ccccc4)c3c2=O)[C@H](OC(=O)c2ccccc2)[C@H](OCc2ccccc2)[C@H]1OC(=O)c1ccccc1. The molecule has 9 aromatic rings. The number of carbonyl (C=O) groups is 2. The number of ether oxygens (including phenoxy) is 8. The molecule has 1 saturated heterocycles. The Morgan fingerprint density at radius 3 is 1.45 bits per heavy atom. The van der Waals surface area contributed by atoms with Crippen molar-refractivity contribution in [3.05, 3.63) is 262 Å². The average molecular weight is 1000 g/mol. The van der Waals surface area contributed by atoms with Gasteiger partial charge in [0.15, 0.2) is 18.0 Å². The highest BCUT2D eigenvalue weighted by Crippen LogP contribution is 2.40. The van der Waals surface area contributed by atoms with Crippen LogP contribution in [0, 0.1) is 0 Å². The van der Waals surface area contributed by atoms with E-state index in [0.29, 0.717) is 23.7 Å². The maximum Gasteiger partial charge on any atom is 0.338 e. The van der Waals surface area contributed by atoms with Crippen LogP contribution in [0.4, 0.5) is 0 Å². The van der Waals surface area contributed by atoms with Gasteiger partial charge in [-0.2, -0.15) is 0 Å². The van der Waals surface area contributed by atoms with Crippen LogP contribution < -0.4 is 24.4 Å². The molecule has 0 bridgehead atoms. The van der Waals surface area contributed by atoms with E-state index in [1.54, 1.807) is 104 Å². The third-order valence-corrected chi connectivity index (χ3v) is 12.5. The molecule has 0 amide bonds. The summed E-state index contributed by atoms with van der Waals surface area (Å²) in [4.78, 5) is 43.8. The molecule has 12 heteroatoms. The van der Waals surface area contributed by atoms with Gasteiger partial charge in [-0.25, -0.2) is 9.59 Å². The molecule has 5 atom stereocenters. The molecule has 0 spiro atoms. The highest BCUT2D eigenvalue weighted by Gasteiger charge is 2.51. The lowest BCUT2D eigenvalue weighted by molar-refractivity contribution is -0.277. The monoisotopic (exact) mass is 1000 g/mol. The molecular formula is C63H52O12. The average Bonchev–Trinajstić information content (AvgIpc) is 3.46. The lowest BCUT2D eigenvalue weighted by Gasteiger charge is -2.44. The highest BCUT2D eigenvalue weighted by atomic mass is 16.7. The highest BCUT2D eigenvalue weighted by molar-refractivity contribution is 5.91. The number of esters is 2. The molecule has 0 radical (unpaired) electrons. The minimum atomic E-state index is -1.56. The van der Waals surface area contributed by atoms with Gasteiger partial charge in [0.05, 0.1) is 23.8 Å². The molecule has 10 rings (SSSR count). The third kappa shape index (κ3) is 12.3. The van der Waals surface area contributed by atoms with Crippen LogP contribution in [0.15, 0.2) is 228 Å². The predicted molar refractivity (Wildman–Crippen MR) is 282 cm³/mol. The van der Waals surface area contributed by atoms with Crippen LogP contribution in [0.5, 0.6) is 23.0 Å². The number of carbonyl (C=O) groups excluding carboxylic acids is 2. The van der Waals surface area contributed by atoms with Gasteiger partial charge >= 0.3 is 11.9 Å². The first kappa shape index (κ1) is 49.6. The summed E-state index contributed by atoms with van der Waals surface area (Å²) in [7, 11) is 0. The van der Waals surface area contributed by atoms with Gasteiger partial charge in [-0.15, -0.1) is 0 Å². The fourth-order valence-corrected chi connectivity index (χ4v) is 8.62. The second kappa shape index (κ2) is 23.7. The van der Waals surface area contributed by atoms with Crippen molar-refractivity contribution in [3.63, 3.8) is 0 Å². The minimum absolute atomic E-state index is 0.0140. The summed E-state index contributed by atoms with van der Waals surface area (Å²) in [6, 6.07) is 65.6. The first-order chi connectivity index (χ1) is 36.8. The number of fused-ring (bicyclic) bond motifs is 1. The summed E-state index contributed by atoms with van der Waals surface area (Å²) in [6.45, 7) is 2.36. The number of benzene rings is 8. The number of rotatable bonds is 19. The van der Waals surface area contributed by atoms with E-state index in [-0.39, 0.29) is 59.2 Å². The van der Waals surface area contributed by atoms with Crippen molar-refractivity contribution in [1.82, 2.24) is 0 Å². The van der Waals surface area contributed by atoms with Crippen molar-refractivity contribution in [1.29, 1.82) is 0 Å². The van der Waals surface area contributed by atoms with Gasteiger partial charge in [-0.05, 0) is 77.7 Å². The molecule has 0 unspecified atom stereocenters. The normalized spacial score (nSPS) is 17.1. The van der Waals surface area contributed by atoms with E-state index in [1.807, 2.05) is 121 Å². The Bertz CT molecular complexity index is 3360. The molecule has 0 aliphatic carbocycles. The summed E-state index contributed by atoms with van der Waals surface area (Å²) in [5.74, 6) is -0.563. The van der Waals surface area contributed by atoms with Crippen molar-refractivity contribution < 1.29 is 51.9 Å². The Hall–Kier alpha value is -8.97. The molecule has 1 aliphatic heterocycles. The first-order valence-corrected chi connectivity index (χ1v) is 24.6. The maximum absolute atomic E-state index is 15.6. The zero-order chi connectivity index (χ0) is 51.3. The number of hydrogen-bond donors (Lipinski definition) is 0. The van der Waals surface area contributed by atoms with Crippen LogP contribution >= 0.6 is 0 Å². The Labute approximate surface area is 433 Å². The molecule has 75 heavy (non-hydrogen) atoms. The van der Waals surface area contributed by atoms with Crippen LogP contribution in [-0.2, 0) is 45.4 Å². The first-order valence-electron chi connectivity index (χ1n) is 24.6. The van der Waals surface area contributed by atoms with Crippen LogP contribution in [0.25, 0.3) is 22.3 Å². The summed E-state index contributed by atoms with van der Waals surface area (Å²) < 4.78 is 58.6. The van der Waals surface area contributed by atoms with E-state index in [2.05, 4.69) is 0 Å². The zero-order valence-electron chi connectivity index (χ0n) is 40.9. The molecule has 376 valence electrons. The van der Waals surface area contributed by atoms with Crippen molar-refractivity contribution >= 4 is 22.9 Å².